The summed E-state index contributed by atoms with van der Waals surface area (Å²) in [5, 5.41) is 0. The van der Waals surface area contributed by atoms with Crippen molar-refractivity contribution in [2.24, 2.45) is 5.73 Å². The molecule has 0 spiro atoms. The van der Waals surface area contributed by atoms with Gasteiger partial charge in [-0.15, -0.1) is 0 Å². The van der Waals surface area contributed by atoms with Gasteiger partial charge in [-0.05, 0) is 31.6 Å². The Morgan fingerprint density at radius 2 is 2.31 bits per heavy atom. The number of rotatable bonds is 1. The van der Waals surface area contributed by atoms with Crippen molar-refractivity contribution in [2.45, 2.75) is 19.3 Å². The van der Waals surface area contributed by atoms with E-state index in [2.05, 4.69) is 6.08 Å². The summed E-state index contributed by atoms with van der Waals surface area (Å²) in [7, 11) is 0. The summed E-state index contributed by atoms with van der Waals surface area (Å²) in [6, 6.07) is 3.97. The molecule has 0 saturated heterocycles. The zero-order valence-corrected chi connectivity index (χ0v) is 7.66. The van der Waals surface area contributed by atoms with E-state index in [1.165, 1.54) is 0 Å². The normalized spacial score (nSPS) is 21.6. The average Bonchev–Trinajstić information content (AvgIpc) is 2.53. The first kappa shape index (κ1) is 8.17. The van der Waals surface area contributed by atoms with Crippen LogP contribution in [0.2, 0.25) is 0 Å². The third kappa shape index (κ3) is 1.52. The number of hydrogen-bond donors (Lipinski definition) is 1. The van der Waals surface area contributed by atoms with Crippen LogP contribution in [0.4, 0.5) is 0 Å². The van der Waals surface area contributed by atoms with E-state index in [1.807, 2.05) is 31.2 Å². The third-order valence-corrected chi connectivity index (χ3v) is 2.30. The Bertz CT molecular complexity index is 360. The van der Waals surface area contributed by atoms with Crippen molar-refractivity contribution in [2.75, 3.05) is 0 Å². The summed E-state index contributed by atoms with van der Waals surface area (Å²) in [6.07, 6.45) is 6.97. The molecule has 2 N–H and O–H groups in total. The van der Waals surface area contributed by atoms with Crippen molar-refractivity contribution >= 4 is 0 Å². The maximum absolute atomic E-state index is 5.87. The molecule has 1 aromatic rings. The molecule has 2 rings (SSSR count). The molecule has 0 aromatic carbocycles. The van der Waals surface area contributed by atoms with Crippen LogP contribution in [-0.2, 0) is 0 Å². The summed E-state index contributed by atoms with van der Waals surface area (Å²) in [5.41, 5.74) is 6.76. The first-order valence-corrected chi connectivity index (χ1v) is 4.46. The maximum Gasteiger partial charge on any atom is 0.113 e. The van der Waals surface area contributed by atoms with Gasteiger partial charge in [0.1, 0.15) is 11.5 Å². The van der Waals surface area contributed by atoms with Gasteiger partial charge in [-0.2, -0.15) is 0 Å². The number of aryl methyl sites for hydroxylation is 1. The average molecular weight is 175 g/mol. The van der Waals surface area contributed by atoms with Crippen LogP contribution in [0.5, 0.6) is 0 Å². The number of allylic oxidation sites excluding steroid dienone is 4. The highest BCUT2D eigenvalue weighted by Gasteiger charge is 2.17. The lowest BCUT2D eigenvalue weighted by molar-refractivity contribution is 0.459. The molecule has 13 heavy (non-hydrogen) atoms. The molecule has 0 saturated carbocycles. The van der Waals surface area contributed by atoms with Crippen molar-refractivity contribution in [1.82, 2.24) is 0 Å². The highest BCUT2D eigenvalue weighted by Crippen LogP contribution is 2.29. The van der Waals surface area contributed by atoms with E-state index in [1.54, 1.807) is 0 Å². The van der Waals surface area contributed by atoms with Gasteiger partial charge in [0.15, 0.2) is 0 Å². The van der Waals surface area contributed by atoms with Crippen LogP contribution in [0, 0.1) is 6.92 Å². The monoisotopic (exact) mass is 175 g/mol. The quantitative estimate of drug-likeness (QED) is 0.712. The summed E-state index contributed by atoms with van der Waals surface area (Å²) in [6.45, 7) is 1.95. The molecular formula is C11H13NO. The lowest BCUT2D eigenvalue weighted by Crippen LogP contribution is -2.10. The highest BCUT2D eigenvalue weighted by atomic mass is 16.3. The Labute approximate surface area is 77.7 Å². The van der Waals surface area contributed by atoms with Crippen LogP contribution in [0.1, 0.15) is 23.9 Å². The van der Waals surface area contributed by atoms with Gasteiger partial charge in [-0.25, -0.2) is 0 Å². The third-order valence-electron chi connectivity index (χ3n) is 2.30. The van der Waals surface area contributed by atoms with E-state index in [9.17, 15) is 0 Å². The van der Waals surface area contributed by atoms with Crippen LogP contribution in [0.3, 0.4) is 0 Å². The van der Waals surface area contributed by atoms with Gasteiger partial charge < -0.3 is 10.2 Å². The first-order valence-electron chi connectivity index (χ1n) is 4.46. The van der Waals surface area contributed by atoms with E-state index in [4.69, 9.17) is 10.2 Å². The van der Waals surface area contributed by atoms with Crippen molar-refractivity contribution in [3.05, 3.63) is 47.6 Å². The predicted octanol–water partition coefficient (Wildman–Crippen LogP) is 2.47. The first-order chi connectivity index (χ1) is 6.27. The Morgan fingerprint density at radius 3 is 2.92 bits per heavy atom. The van der Waals surface area contributed by atoms with Gasteiger partial charge in [0.05, 0.1) is 5.92 Å². The van der Waals surface area contributed by atoms with E-state index >= 15 is 0 Å². The second kappa shape index (κ2) is 3.13. The van der Waals surface area contributed by atoms with Crippen molar-refractivity contribution in [1.29, 1.82) is 0 Å². The smallest absolute Gasteiger partial charge is 0.113 e. The van der Waals surface area contributed by atoms with E-state index in [-0.39, 0.29) is 5.92 Å². The van der Waals surface area contributed by atoms with Crippen LogP contribution < -0.4 is 5.73 Å². The van der Waals surface area contributed by atoms with Crippen LogP contribution in [0.15, 0.2) is 40.5 Å². The molecule has 0 bridgehead atoms. The molecule has 68 valence electrons. The summed E-state index contributed by atoms with van der Waals surface area (Å²) >= 11 is 0. The van der Waals surface area contributed by atoms with Crippen molar-refractivity contribution < 1.29 is 4.42 Å². The number of hydrogen-bond acceptors (Lipinski definition) is 2. The van der Waals surface area contributed by atoms with Crippen LogP contribution >= 0.6 is 0 Å². The molecule has 1 heterocycles. The molecular weight excluding hydrogens is 162 g/mol. The summed E-state index contributed by atoms with van der Waals surface area (Å²) < 4.78 is 5.54. The second-order valence-electron chi connectivity index (χ2n) is 3.33. The molecule has 0 radical (unpaired) electrons. The fraction of sp³-hybridized carbons (Fsp3) is 0.273. The van der Waals surface area contributed by atoms with Gasteiger partial charge in [0.25, 0.3) is 0 Å². The van der Waals surface area contributed by atoms with Crippen LogP contribution in [-0.4, -0.2) is 0 Å². The molecule has 1 aliphatic carbocycles. The zero-order valence-electron chi connectivity index (χ0n) is 7.66. The molecule has 1 atom stereocenters. The lowest BCUT2D eigenvalue weighted by Gasteiger charge is -2.15. The zero-order chi connectivity index (χ0) is 9.26. The van der Waals surface area contributed by atoms with Gasteiger partial charge in [0, 0.05) is 5.70 Å². The van der Waals surface area contributed by atoms with Crippen molar-refractivity contribution in [3.63, 3.8) is 0 Å². The SMILES string of the molecule is Cc1ccc(C2CC=CC=C2N)o1. The molecule has 0 amide bonds. The topological polar surface area (TPSA) is 39.2 Å². The van der Waals surface area contributed by atoms with E-state index in [0.29, 0.717) is 0 Å². The molecule has 0 fully saturated rings. The molecule has 1 aliphatic rings. The summed E-state index contributed by atoms with van der Waals surface area (Å²) in [5.74, 6) is 2.15. The van der Waals surface area contributed by atoms with Crippen LogP contribution in [0.25, 0.3) is 0 Å². The Hall–Kier alpha value is -1.44. The minimum atomic E-state index is 0.235. The highest BCUT2D eigenvalue weighted by molar-refractivity contribution is 5.28. The van der Waals surface area contributed by atoms with Crippen molar-refractivity contribution in [3.8, 4) is 0 Å². The molecule has 0 aliphatic heterocycles. The predicted molar refractivity (Wildman–Crippen MR) is 52.2 cm³/mol. The fourth-order valence-electron chi connectivity index (χ4n) is 1.57. The fourth-order valence-corrected chi connectivity index (χ4v) is 1.57. The number of nitrogens with two attached hydrogens (primary N) is 1. The standard InChI is InChI=1S/C11H13NO/c1-8-6-7-11(13-8)9-4-2-3-5-10(9)12/h2-3,5-7,9H,4,12H2,1H3. The van der Waals surface area contributed by atoms with E-state index in [0.717, 1.165) is 23.6 Å². The Morgan fingerprint density at radius 1 is 1.46 bits per heavy atom. The maximum atomic E-state index is 5.87. The Kier molecular flexibility index (Phi) is 1.97. The van der Waals surface area contributed by atoms with Gasteiger partial charge >= 0.3 is 0 Å². The van der Waals surface area contributed by atoms with E-state index < -0.39 is 0 Å². The molecule has 1 aromatic heterocycles. The van der Waals surface area contributed by atoms with Gasteiger partial charge in [-0.1, -0.05) is 12.2 Å². The Balaban J connectivity index is 2.27. The molecule has 2 nitrogen and oxygen atoms in total. The second-order valence-corrected chi connectivity index (χ2v) is 3.33. The largest absolute Gasteiger partial charge is 0.466 e. The molecule has 1 unspecified atom stereocenters. The lowest BCUT2D eigenvalue weighted by atomic mass is 9.95. The minimum Gasteiger partial charge on any atom is -0.466 e. The number of furan rings is 1. The minimum absolute atomic E-state index is 0.235. The van der Waals surface area contributed by atoms with Gasteiger partial charge in [-0.3, -0.25) is 0 Å². The molecule has 2 heteroatoms. The van der Waals surface area contributed by atoms with Gasteiger partial charge in [0.2, 0.25) is 0 Å². The summed E-state index contributed by atoms with van der Waals surface area (Å²) in [4.78, 5) is 0.